The van der Waals surface area contributed by atoms with E-state index in [9.17, 15) is 4.79 Å². The number of aromatic nitrogens is 3. The molecule has 1 saturated heterocycles. The maximum atomic E-state index is 11.5. The first-order chi connectivity index (χ1) is 10.2. The standard InChI is InChI=1S/C14H17N5OS/c1-10(20)19-6-2-3-11(8-19)12-9-21-14(17-12)18-13-7-15-4-5-16-13/h4-5,7,9,11H,2-3,6,8H2,1H3,(H,16,17,18)/t11-/m0/s1. The summed E-state index contributed by atoms with van der Waals surface area (Å²) in [6.45, 7) is 3.26. The maximum Gasteiger partial charge on any atom is 0.219 e. The van der Waals surface area contributed by atoms with E-state index in [-0.39, 0.29) is 5.91 Å². The van der Waals surface area contributed by atoms with Gasteiger partial charge < -0.3 is 10.2 Å². The molecule has 1 aliphatic rings. The third-order valence-electron chi connectivity index (χ3n) is 3.61. The molecule has 3 rings (SSSR count). The average molecular weight is 303 g/mol. The van der Waals surface area contributed by atoms with Gasteiger partial charge in [0.1, 0.15) is 0 Å². The first-order valence-corrected chi connectivity index (χ1v) is 7.84. The zero-order chi connectivity index (χ0) is 14.7. The van der Waals surface area contributed by atoms with Gasteiger partial charge in [-0.25, -0.2) is 9.97 Å². The van der Waals surface area contributed by atoms with Gasteiger partial charge in [0.2, 0.25) is 5.91 Å². The molecule has 2 aromatic heterocycles. The summed E-state index contributed by atoms with van der Waals surface area (Å²) in [5, 5.41) is 6.02. The van der Waals surface area contributed by atoms with E-state index in [4.69, 9.17) is 0 Å². The molecule has 0 spiro atoms. The SMILES string of the molecule is CC(=O)N1CCC[C@H](c2csc(Nc3cnccn3)n2)C1. The second-order valence-corrected chi connectivity index (χ2v) is 5.96. The van der Waals surface area contributed by atoms with Gasteiger partial charge in [-0.15, -0.1) is 11.3 Å². The number of anilines is 2. The monoisotopic (exact) mass is 303 g/mol. The third-order valence-corrected chi connectivity index (χ3v) is 4.38. The smallest absolute Gasteiger partial charge is 0.219 e. The van der Waals surface area contributed by atoms with Crippen molar-refractivity contribution in [3.8, 4) is 0 Å². The topological polar surface area (TPSA) is 71.0 Å². The Morgan fingerprint density at radius 1 is 1.48 bits per heavy atom. The molecule has 0 radical (unpaired) electrons. The van der Waals surface area contributed by atoms with Gasteiger partial charge in [0.15, 0.2) is 10.9 Å². The van der Waals surface area contributed by atoms with Gasteiger partial charge >= 0.3 is 0 Å². The number of piperidine rings is 1. The highest BCUT2D eigenvalue weighted by Gasteiger charge is 2.24. The number of thiazole rings is 1. The number of nitrogens with one attached hydrogen (secondary N) is 1. The first kappa shape index (κ1) is 13.9. The Hall–Kier alpha value is -2.02. The molecule has 21 heavy (non-hydrogen) atoms. The minimum Gasteiger partial charge on any atom is -0.342 e. The zero-order valence-electron chi connectivity index (χ0n) is 11.8. The molecule has 0 saturated carbocycles. The van der Waals surface area contributed by atoms with Crippen molar-refractivity contribution >= 4 is 28.2 Å². The van der Waals surface area contributed by atoms with Crippen molar-refractivity contribution in [1.82, 2.24) is 19.9 Å². The molecule has 0 unspecified atom stereocenters. The fraction of sp³-hybridized carbons (Fsp3) is 0.429. The number of carbonyl (C=O) groups is 1. The van der Waals surface area contributed by atoms with Crippen molar-refractivity contribution < 1.29 is 4.79 Å². The van der Waals surface area contributed by atoms with Gasteiger partial charge in [-0.3, -0.25) is 9.78 Å². The molecular formula is C14H17N5OS. The van der Waals surface area contributed by atoms with Crippen molar-refractivity contribution in [3.05, 3.63) is 29.7 Å². The Bertz CT molecular complexity index is 615. The predicted octanol–water partition coefficient (Wildman–Crippen LogP) is 2.40. The fourth-order valence-corrected chi connectivity index (χ4v) is 3.31. The molecule has 1 N–H and O–H groups in total. The number of amides is 1. The van der Waals surface area contributed by atoms with Crippen LogP contribution in [0.5, 0.6) is 0 Å². The van der Waals surface area contributed by atoms with Gasteiger partial charge in [-0.05, 0) is 12.8 Å². The van der Waals surface area contributed by atoms with Gasteiger partial charge in [0.05, 0.1) is 11.9 Å². The van der Waals surface area contributed by atoms with Gasteiger partial charge in [0.25, 0.3) is 0 Å². The maximum absolute atomic E-state index is 11.5. The summed E-state index contributed by atoms with van der Waals surface area (Å²) in [6.07, 6.45) is 7.06. The number of likely N-dealkylation sites (tertiary alicyclic amines) is 1. The van der Waals surface area contributed by atoms with Crippen LogP contribution in [0.1, 0.15) is 31.4 Å². The normalized spacial score (nSPS) is 18.5. The molecule has 1 aliphatic heterocycles. The van der Waals surface area contributed by atoms with Gasteiger partial charge in [-0.1, -0.05) is 0 Å². The van der Waals surface area contributed by atoms with Gasteiger partial charge in [0, 0.05) is 43.7 Å². The molecule has 0 aromatic carbocycles. The largest absolute Gasteiger partial charge is 0.342 e. The summed E-state index contributed by atoms with van der Waals surface area (Å²) in [4.78, 5) is 26.2. The Labute approximate surface area is 127 Å². The lowest BCUT2D eigenvalue weighted by Gasteiger charge is -2.31. The molecule has 0 aliphatic carbocycles. The number of hydrogen-bond donors (Lipinski definition) is 1. The van der Waals surface area contributed by atoms with Crippen LogP contribution in [-0.4, -0.2) is 38.8 Å². The van der Waals surface area contributed by atoms with Crippen molar-refractivity contribution in [2.24, 2.45) is 0 Å². The Morgan fingerprint density at radius 2 is 2.38 bits per heavy atom. The van der Waals surface area contributed by atoms with E-state index < -0.39 is 0 Å². The van der Waals surface area contributed by atoms with Gasteiger partial charge in [-0.2, -0.15) is 0 Å². The second-order valence-electron chi connectivity index (χ2n) is 5.10. The molecule has 6 nitrogen and oxygen atoms in total. The summed E-state index contributed by atoms with van der Waals surface area (Å²) < 4.78 is 0. The average Bonchev–Trinajstić information content (AvgIpc) is 2.97. The van der Waals surface area contributed by atoms with Crippen molar-refractivity contribution in [2.45, 2.75) is 25.7 Å². The highest BCUT2D eigenvalue weighted by atomic mass is 32.1. The number of rotatable bonds is 3. The molecule has 110 valence electrons. The van der Waals surface area contributed by atoms with Crippen LogP contribution >= 0.6 is 11.3 Å². The van der Waals surface area contributed by atoms with Crippen LogP contribution in [-0.2, 0) is 4.79 Å². The molecule has 1 fully saturated rings. The zero-order valence-corrected chi connectivity index (χ0v) is 12.6. The van der Waals surface area contributed by atoms with Crippen molar-refractivity contribution in [3.63, 3.8) is 0 Å². The molecule has 2 aromatic rings. The van der Waals surface area contributed by atoms with E-state index in [1.807, 2.05) is 4.90 Å². The quantitative estimate of drug-likeness (QED) is 0.942. The van der Waals surface area contributed by atoms with Crippen molar-refractivity contribution in [1.29, 1.82) is 0 Å². The van der Waals surface area contributed by atoms with Crippen LogP contribution in [0, 0.1) is 0 Å². The fourth-order valence-electron chi connectivity index (χ4n) is 2.51. The third kappa shape index (κ3) is 3.36. The van der Waals surface area contributed by atoms with E-state index in [1.54, 1.807) is 36.9 Å². The lowest BCUT2D eigenvalue weighted by Crippen LogP contribution is -2.37. The van der Waals surface area contributed by atoms with Crippen molar-refractivity contribution in [2.75, 3.05) is 18.4 Å². The Kier molecular flexibility index (Phi) is 4.10. The van der Waals surface area contributed by atoms with E-state index >= 15 is 0 Å². The van der Waals surface area contributed by atoms with E-state index in [0.29, 0.717) is 11.7 Å². The molecule has 0 bridgehead atoms. The summed E-state index contributed by atoms with van der Waals surface area (Å²) in [7, 11) is 0. The minimum absolute atomic E-state index is 0.146. The molecule has 1 amide bonds. The first-order valence-electron chi connectivity index (χ1n) is 6.96. The second kappa shape index (κ2) is 6.17. The predicted molar refractivity (Wildman–Crippen MR) is 81.7 cm³/mol. The lowest BCUT2D eigenvalue weighted by molar-refractivity contribution is -0.130. The van der Waals surface area contributed by atoms with Crippen LogP contribution in [0.2, 0.25) is 0 Å². The number of carbonyl (C=O) groups excluding carboxylic acids is 1. The van der Waals surface area contributed by atoms with E-state index in [0.717, 1.165) is 36.8 Å². The number of hydrogen-bond acceptors (Lipinski definition) is 6. The highest BCUT2D eigenvalue weighted by Crippen LogP contribution is 2.30. The lowest BCUT2D eigenvalue weighted by atomic mass is 9.95. The summed E-state index contributed by atoms with van der Waals surface area (Å²) in [5.74, 6) is 1.16. The molecule has 3 heterocycles. The van der Waals surface area contributed by atoms with Crippen LogP contribution in [0.15, 0.2) is 24.0 Å². The summed E-state index contributed by atoms with van der Waals surface area (Å²) in [5.41, 5.74) is 1.05. The molecule has 7 heteroatoms. The highest BCUT2D eigenvalue weighted by molar-refractivity contribution is 7.13. The molecular weight excluding hydrogens is 286 g/mol. The van der Waals surface area contributed by atoms with Crippen LogP contribution in [0.4, 0.5) is 10.9 Å². The molecule has 1 atom stereocenters. The van der Waals surface area contributed by atoms with Crippen LogP contribution in [0.3, 0.4) is 0 Å². The van der Waals surface area contributed by atoms with Crippen LogP contribution < -0.4 is 5.32 Å². The van der Waals surface area contributed by atoms with Crippen LogP contribution in [0.25, 0.3) is 0 Å². The Morgan fingerprint density at radius 3 is 3.14 bits per heavy atom. The van der Waals surface area contributed by atoms with E-state index in [1.165, 1.54) is 0 Å². The summed E-state index contributed by atoms with van der Waals surface area (Å²) in [6, 6.07) is 0. The van der Waals surface area contributed by atoms with E-state index in [2.05, 4.69) is 25.6 Å². The Balaban J connectivity index is 1.68. The summed E-state index contributed by atoms with van der Waals surface area (Å²) >= 11 is 1.55. The number of nitrogens with zero attached hydrogens (tertiary/aromatic N) is 4. The minimum atomic E-state index is 0.146.